The van der Waals surface area contributed by atoms with E-state index in [4.69, 9.17) is 4.74 Å². The second-order valence-electron chi connectivity index (χ2n) is 3.52. The summed E-state index contributed by atoms with van der Waals surface area (Å²) in [6.45, 7) is 8.47. The first-order chi connectivity index (χ1) is 5.33. The first-order valence-electron chi connectivity index (χ1n) is 4.61. The van der Waals surface area contributed by atoms with Gasteiger partial charge in [0.15, 0.2) is 0 Å². The Kier molecular flexibility index (Phi) is 3.87. The summed E-state index contributed by atoms with van der Waals surface area (Å²) in [5.74, 6) is 1.58. The van der Waals surface area contributed by atoms with Crippen molar-refractivity contribution < 1.29 is 4.74 Å². The van der Waals surface area contributed by atoms with Crippen LogP contribution in [0.4, 0.5) is 0 Å². The minimum Gasteiger partial charge on any atom is -0.381 e. The highest BCUT2D eigenvalue weighted by Gasteiger charge is 2.17. The van der Waals surface area contributed by atoms with Crippen LogP contribution in [0.1, 0.15) is 20.3 Å². The molecule has 2 heteroatoms. The lowest BCUT2D eigenvalue weighted by atomic mass is 9.93. The number of ether oxygens (including phenoxy) is 1. The van der Waals surface area contributed by atoms with Gasteiger partial charge < -0.3 is 10.1 Å². The monoisotopic (exact) mass is 157 g/mol. The van der Waals surface area contributed by atoms with Gasteiger partial charge in [-0.2, -0.15) is 0 Å². The van der Waals surface area contributed by atoms with Crippen LogP contribution in [0.3, 0.4) is 0 Å². The van der Waals surface area contributed by atoms with E-state index in [9.17, 15) is 0 Å². The lowest BCUT2D eigenvalue weighted by molar-refractivity contribution is 0.0911. The van der Waals surface area contributed by atoms with Crippen LogP contribution < -0.4 is 5.32 Å². The van der Waals surface area contributed by atoms with Crippen molar-refractivity contribution in [2.75, 3.05) is 26.3 Å². The van der Waals surface area contributed by atoms with Gasteiger partial charge in [-0.15, -0.1) is 0 Å². The summed E-state index contributed by atoms with van der Waals surface area (Å²) in [6.07, 6.45) is 1.33. The topological polar surface area (TPSA) is 21.3 Å². The maximum atomic E-state index is 5.38. The van der Waals surface area contributed by atoms with E-state index in [1.54, 1.807) is 0 Å². The predicted molar refractivity (Wildman–Crippen MR) is 46.6 cm³/mol. The molecule has 1 aliphatic heterocycles. The Bertz CT molecular complexity index is 106. The van der Waals surface area contributed by atoms with E-state index in [1.807, 2.05) is 0 Å². The molecule has 0 spiro atoms. The zero-order chi connectivity index (χ0) is 8.10. The number of nitrogens with one attached hydrogen (secondary N) is 1. The third-order valence-electron chi connectivity index (χ3n) is 2.22. The highest BCUT2D eigenvalue weighted by atomic mass is 16.5. The fourth-order valence-corrected chi connectivity index (χ4v) is 1.68. The standard InChI is InChI=1S/C9H19NO/c1-3-11-7-9-4-8(2)5-10-6-9/h8-10H,3-7H2,1-2H3. The van der Waals surface area contributed by atoms with Crippen LogP contribution in [0.15, 0.2) is 0 Å². The van der Waals surface area contributed by atoms with E-state index in [0.29, 0.717) is 0 Å². The normalized spacial score (nSPS) is 32.2. The Morgan fingerprint density at radius 2 is 2.27 bits per heavy atom. The van der Waals surface area contributed by atoms with E-state index >= 15 is 0 Å². The molecule has 1 heterocycles. The zero-order valence-electron chi connectivity index (χ0n) is 7.60. The van der Waals surface area contributed by atoms with E-state index in [0.717, 1.165) is 31.6 Å². The Morgan fingerprint density at radius 1 is 1.45 bits per heavy atom. The molecule has 11 heavy (non-hydrogen) atoms. The van der Waals surface area contributed by atoms with Crippen LogP contribution in [-0.4, -0.2) is 26.3 Å². The molecule has 0 bridgehead atoms. The summed E-state index contributed by atoms with van der Waals surface area (Å²) in [7, 11) is 0. The van der Waals surface area contributed by atoms with Crippen LogP contribution in [-0.2, 0) is 4.74 Å². The van der Waals surface area contributed by atoms with Crippen molar-refractivity contribution in [1.82, 2.24) is 5.32 Å². The lowest BCUT2D eigenvalue weighted by Crippen LogP contribution is -2.37. The van der Waals surface area contributed by atoms with Crippen molar-refractivity contribution in [3.05, 3.63) is 0 Å². The van der Waals surface area contributed by atoms with Crippen molar-refractivity contribution in [3.63, 3.8) is 0 Å². The van der Waals surface area contributed by atoms with E-state index in [-0.39, 0.29) is 0 Å². The predicted octanol–water partition coefficient (Wildman–Crippen LogP) is 1.27. The molecule has 1 aliphatic rings. The largest absolute Gasteiger partial charge is 0.381 e. The van der Waals surface area contributed by atoms with Gasteiger partial charge in [0.1, 0.15) is 0 Å². The van der Waals surface area contributed by atoms with Crippen molar-refractivity contribution >= 4 is 0 Å². The van der Waals surface area contributed by atoms with Crippen LogP contribution in [0.5, 0.6) is 0 Å². The summed E-state index contributed by atoms with van der Waals surface area (Å²) < 4.78 is 5.38. The van der Waals surface area contributed by atoms with Gasteiger partial charge in [0.25, 0.3) is 0 Å². The van der Waals surface area contributed by atoms with Crippen LogP contribution in [0, 0.1) is 11.8 Å². The van der Waals surface area contributed by atoms with Gasteiger partial charge in [-0.05, 0) is 31.7 Å². The molecular weight excluding hydrogens is 138 g/mol. The quantitative estimate of drug-likeness (QED) is 0.666. The van der Waals surface area contributed by atoms with Gasteiger partial charge in [0, 0.05) is 13.2 Å². The highest BCUT2D eigenvalue weighted by Crippen LogP contribution is 2.15. The maximum Gasteiger partial charge on any atom is 0.0506 e. The van der Waals surface area contributed by atoms with Crippen LogP contribution >= 0.6 is 0 Å². The van der Waals surface area contributed by atoms with E-state index in [2.05, 4.69) is 19.2 Å². The molecular formula is C9H19NO. The maximum absolute atomic E-state index is 5.38. The summed E-state index contributed by atoms with van der Waals surface area (Å²) >= 11 is 0. The fourth-order valence-electron chi connectivity index (χ4n) is 1.68. The zero-order valence-corrected chi connectivity index (χ0v) is 7.60. The third-order valence-corrected chi connectivity index (χ3v) is 2.22. The molecule has 0 aliphatic carbocycles. The summed E-state index contributed by atoms with van der Waals surface area (Å²) in [4.78, 5) is 0. The van der Waals surface area contributed by atoms with Gasteiger partial charge in [-0.3, -0.25) is 0 Å². The summed E-state index contributed by atoms with van der Waals surface area (Å²) in [5.41, 5.74) is 0. The van der Waals surface area contributed by atoms with Gasteiger partial charge in [0.05, 0.1) is 6.61 Å². The molecule has 0 aromatic carbocycles. The molecule has 2 unspecified atom stereocenters. The summed E-state index contributed by atoms with van der Waals surface area (Å²) in [5, 5.41) is 3.41. The Labute approximate surface area is 69.3 Å². The lowest BCUT2D eigenvalue weighted by Gasteiger charge is -2.27. The van der Waals surface area contributed by atoms with E-state index in [1.165, 1.54) is 13.0 Å². The number of hydrogen-bond donors (Lipinski definition) is 1. The molecule has 0 aromatic heterocycles. The molecule has 0 amide bonds. The molecule has 0 saturated carbocycles. The minimum absolute atomic E-state index is 0.749. The van der Waals surface area contributed by atoms with Crippen molar-refractivity contribution in [3.8, 4) is 0 Å². The molecule has 1 rings (SSSR count). The smallest absolute Gasteiger partial charge is 0.0506 e. The Hall–Kier alpha value is -0.0800. The van der Waals surface area contributed by atoms with Gasteiger partial charge >= 0.3 is 0 Å². The second-order valence-corrected chi connectivity index (χ2v) is 3.52. The molecule has 2 nitrogen and oxygen atoms in total. The number of hydrogen-bond acceptors (Lipinski definition) is 2. The molecule has 0 aromatic rings. The van der Waals surface area contributed by atoms with Gasteiger partial charge in [-0.25, -0.2) is 0 Å². The van der Waals surface area contributed by atoms with Crippen molar-refractivity contribution in [2.24, 2.45) is 11.8 Å². The molecule has 2 atom stereocenters. The second kappa shape index (κ2) is 4.73. The minimum atomic E-state index is 0.749. The molecule has 1 N–H and O–H groups in total. The first-order valence-corrected chi connectivity index (χ1v) is 4.61. The number of rotatable bonds is 3. The van der Waals surface area contributed by atoms with Gasteiger partial charge in [0.2, 0.25) is 0 Å². The Balaban J connectivity index is 2.12. The SMILES string of the molecule is CCOCC1CNCC(C)C1. The van der Waals surface area contributed by atoms with Crippen LogP contribution in [0.25, 0.3) is 0 Å². The number of piperidine rings is 1. The molecule has 1 saturated heterocycles. The van der Waals surface area contributed by atoms with Crippen molar-refractivity contribution in [1.29, 1.82) is 0 Å². The fraction of sp³-hybridized carbons (Fsp3) is 1.00. The molecule has 0 radical (unpaired) electrons. The van der Waals surface area contributed by atoms with Gasteiger partial charge in [-0.1, -0.05) is 6.92 Å². The van der Waals surface area contributed by atoms with Crippen molar-refractivity contribution in [2.45, 2.75) is 20.3 Å². The van der Waals surface area contributed by atoms with Crippen LogP contribution in [0.2, 0.25) is 0 Å². The molecule has 66 valence electrons. The highest BCUT2D eigenvalue weighted by molar-refractivity contribution is 4.72. The van der Waals surface area contributed by atoms with E-state index < -0.39 is 0 Å². The molecule has 1 fully saturated rings. The summed E-state index contributed by atoms with van der Waals surface area (Å²) in [6, 6.07) is 0. The first kappa shape index (κ1) is 9.01. The average Bonchev–Trinajstić information content (AvgIpc) is 2.01. The average molecular weight is 157 g/mol. The Morgan fingerprint density at radius 3 is 2.91 bits per heavy atom. The third kappa shape index (κ3) is 3.21.